The third-order valence-electron chi connectivity index (χ3n) is 20.6. The van der Waals surface area contributed by atoms with Gasteiger partial charge in [0.05, 0.1) is 272 Å². The van der Waals surface area contributed by atoms with E-state index in [0.717, 1.165) is 89.0 Å². The molecule has 0 bridgehead atoms. The van der Waals surface area contributed by atoms with Crippen LogP contribution in [0.1, 0.15) is 38.8 Å². The first-order valence-electron chi connectivity index (χ1n) is 44.9. The first kappa shape index (κ1) is 105. The molecule has 0 heterocycles. The average Bonchev–Trinajstić information content (AvgIpc) is 0.801. The van der Waals surface area contributed by atoms with Crippen LogP contribution >= 0.6 is 0 Å². The minimum absolute atomic E-state index is 0.0200. The molecular formula is C105H134N2O23. The molecule has 130 heavy (non-hydrogen) atoms. The van der Waals surface area contributed by atoms with Crippen LogP contribution in [0.15, 0.2) is 212 Å². The molecule has 25 nitrogen and oxygen atoms in total. The van der Waals surface area contributed by atoms with Crippen molar-refractivity contribution in [3.8, 4) is 107 Å². The zero-order valence-corrected chi connectivity index (χ0v) is 77.1. The molecule has 0 N–H and O–H groups in total. The lowest BCUT2D eigenvalue weighted by Gasteiger charge is -2.28. The van der Waals surface area contributed by atoms with E-state index >= 15 is 0 Å². The molecule has 0 amide bonds. The largest absolute Gasteiger partial charge is 0.486 e. The van der Waals surface area contributed by atoms with Crippen molar-refractivity contribution < 1.29 is 109 Å². The number of ether oxygens (including phenoxy) is 23. The molecule has 4 atom stereocenters. The highest BCUT2D eigenvalue weighted by atomic mass is 16.6. The number of hydrogen-bond acceptors (Lipinski definition) is 25. The third-order valence-corrected chi connectivity index (χ3v) is 20.6. The van der Waals surface area contributed by atoms with Crippen LogP contribution in [0.4, 0.5) is 0 Å². The van der Waals surface area contributed by atoms with Crippen molar-refractivity contribution in [1.29, 1.82) is 10.5 Å². The van der Waals surface area contributed by atoms with Gasteiger partial charge in [-0.05, 0) is 159 Å². The normalized spacial score (nSPS) is 12.6. The fourth-order valence-electron chi connectivity index (χ4n) is 13.3. The van der Waals surface area contributed by atoms with E-state index in [1.165, 1.54) is 0 Å². The Labute approximate surface area is 769 Å². The molecule has 9 aromatic rings. The number of rotatable bonds is 72. The molecule has 0 spiro atoms. The number of hydrogen-bond donors (Lipinski definition) is 0. The molecular weight excluding hydrogens is 1660 g/mol. The highest BCUT2D eigenvalue weighted by Crippen LogP contribution is 2.37. The monoisotopic (exact) mass is 1790 g/mol. The van der Waals surface area contributed by atoms with Crippen molar-refractivity contribution in [3.63, 3.8) is 0 Å². The first-order chi connectivity index (χ1) is 63.9. The molecule has 0 aliphatic heterocycles. The van der Waals surface area contributed by atoms with Crippen LogP contribution < -0.4 is 4.74 Å². The summed E-state index contributed by atoms with van der Waals surface area (Å²) in [7, 11) is 6.56. The van der Waals surface area contributed by atoms with Gasteiger partial charge < -0.3 is 109 Å². The molecule has 0 saturated heterocycles. The molecule has 0 aliphatic rings. The van der Waals surface area contributed by atoms with Gasteiger partial charge in [-0.15, -0.1) is 0 Å². The Morgan fingerprint density at radius 2 is 0.362 bits per heavy atom. The Bertz CT molecular complexity index is 4170. The number of nitriles is 2. The summed E-state index contributed by atoms with van der Waals surface area (Å²) in [5, 5.41) is 18.7. The predicted octanol–water partition coefficient (Wildman–Crippen LogP) is 16.7. The van der Waals surface area contributed by atoms with E-state index in [1.807, 2.05) is 76.2 Å². The zero-order chi connectivity index (χ0) is 91.5. The number of benzene rings is 9. The second kappa shape index (κ2) is 63.9. The van der Waals surface area contributed by atoms with E-state index in [2.05, 4.69) is 176 Å². The van der Waals surface area contributed by atoms with Gasteiger partial charge >= 0.3 is 0 Å². The van der Waals surface area contributed by atoms with Crippen molar-refractivity contribution in [3.05, 3.63) is 223 Å². The Morgan fingerprint density at radius 3 is 0.554 bits per heavy atom. The van der Waals surface area contributed by atoms with Crippen LogP contribution in [0.3, 0.4) is 0 Å². The van der Waals surface area contributed by atoms with Gasteiger partial charge in [-0.1, -0.05) is 170 Å². The summed E-state index contributed by atoms with van der Waals surface area (Å²) in [5.74, 6) is 0.565. The molecule has 0 aromatic heterocycles. The van der Waals surface area contributed by atoms with Gasteiger partial charge in [-0.25, -0.2) is 0 Å². The lowest BCUT2D eigenvalue weighted by Crippen LogP contribution is -2.39. The van der Waals surface area contributed by atoms with Crippen molar-refractivity contribution in [2.24, 2.45) is 0 Å². The van der Waals surface area contributed by atoms with Crippen LogP contribution in [0.2, 0.25) is 0 Å². The maximum atomic E-state index is 9.37. The number of nitrogens with zero attached hydrogens (tertiary/aromatic N) is 2. The highest BCUT2D eigenvalue weighted by molar-refractivity contribution is 5.80. The van der Waals surface area contributed by atoms with Gasteiger partial charge in [0, 0.05) is 28.4 Å². The van der Waals surface area contributed by atoms with Crippen molar-refractivity contribution in [1.82, 2.24) is 0 Å². The molecule has 0 unspecified atom stereocenters. The molecule has 9 rings (SSSR count). The molecule has 9 aromatic carbocycles. The summed E-state index contributed by atoms with van der Waals surface area (Å²) in [6.07, 6.45) is -3.33. The summed E-state index contributed by atoms with van der Waals surface area (Å²) in [4.78, 5) is 0. The lowest BCUT2D eigenvalue weighted by atomic mass is 9.94. The van der Waals surface area contributed by atoms with Crippen LogP contribution in [0.5, 0.6) is 5.75 Å². The second-order valence-electron chi connectivity index (χ2n) is 31.0. The van der Waals surface area contributed by atoms with E-state index in [-0.39, 0.29) is 64.1 Å². The summed E-state index contributed by atoms with van der Waals surface area (Å²) in [6, 6.07) is 77.5. The van der Waals surface area contributed by atoms with Gasteiger partial charge in [0.2, 0.25) is 0 Å². The Hall–Kier alpha value is -9.12. The third kappa shape index (κ3) is 40.9. The predicted molar refractivity (Wildman–Crippen MR) is 502 cm³/mol. The Kier molecular flexibility index (Phi) is 51.4. The fraction of sp³-hybridized carbons (Fsp3) is 0.467. The quantitative estimate of drug-likeness (QED) is 0.0321. The van der Waals surface area contributed by atoms with Crippen molar-refractivity contribution in [2.45, 2.75) is 70.4 Å². The smallest absolute Gasteiger partial charge is 0.145 e. The SMILES string of the molecule is COCCOCCOCCOC[C@H](C)OCC(CO[C@@H](C)COCCOCCOCCOC)OCC(COC(CO[C@@H](C)COCCOCCOCCOC)CO[C@@H](C)COCCOCCOCCOC)Oc1cc(-c2ccc(-c3ccc(-c4ccc(-c5ccc(C#N)cc5)cc4)cc3)cc2)cc(-c2ccc(-c3ccc(-c4ccc(-c5ccc(C#N)cc5)cc4)cc3)cc2)c1. The summed E-state index contributed by atoms with van der Waals surface area (Å²) >= 11 is 0. The number of methoxy groups -OCH3 is 4. The Morgan fingerprint density at radius 1 is 0.192 bits per heavy atom. The highest BCUT2D eigenvalue weighted by Gasteiger charge is 2.25. The molecule has 0 aliphatic carbocycles. The van der Waals surface area contributed by atoms with Crippen LogP contribution in [-0.2, 0) is 104 Å². The lowest BCUT2D eigenvalue weighted by molar-refractivity contribution is -0.136. The molecule has 25 heteroatoms. The Balaban J connectivity index is 0.997. The van der Waals surface area contributed by atoms with Crippen LogP contribution in [0, 0.1) is 22.7 Å². The van der Waals surface area contributed by atoms with E-state index < -0.39 is 18.3 Å². The van der Waals surface area contributed by atoms with Gasteiger partial charge in [-0.2, -0.15) is 10.5 Å². The van der Waals surface area contributed by atoms with E-state index in [9.17, 15) is 10.5 Å². The summed E-state index contributed by atoms with van der Waals surface area (Å²) < 4.78 is 137. The van der Waals surface area contributed by atoms with Gasteiger partial charge in [0.1, 0.15) is 24.1 Å². The fourth-order valence-corrected chi connectivity index (χ4v) is 13.3. The molecule has 0 fully saturated rings. The standard InChI is InChI=1S/C105H134N2O23/c1-80(70-120-61-57-116-53-49-112-45-41-108-5)124-74-103(75-125-81(2)71-121-62-58-117-54-50-113-46-42-109-6)128-78-105(79-129-104(76-126-82(3)72-122-63-59-118-55-51-114-47-43-110-7)77-127-83(4)73-123-64-60-119-56-52-115-48-44-111-8)130-102-66-100(98-37-33-96(34-38-98)94-29-25-92(26-30-94)90-21-17-88(18-22-90)86-13-9-84(68-106)10-14-86)65-101(67-102)99-39-35-97(36-40-99)95-31-27-93(28-32-95)91-23-19-89(20-24-91)87-15-11-85(69-107)12-16-87/h9-40,65-67,80-83,103-105H,41-64,70-79H2,1-8H3/t80-,81-,82-,83-/m0/s1. The molecule has 0 saturated carbocycles. The first-order valence-corrected chi connectivity index (χ1v) is 44.9. The van der Waals surface area contributed by atoms with Gasteiger partial charge in [-0.3, -0.25) is 0 Å². The second-order valence-corrected chi connectivity index (χ2v) is 31.0. The van der Waals surface area contributed by atoms with Gasteiger partial charge in [0.15, 0.2) is 0 Å². The van der Waals surface area contributed by atoms with E-state index in [4.69, 9.17) is 109 Å². The minimum atomic E-state index is -0.765. The zero-order valence-electron chi connectivity index (χ0n) is 77.1. The maximum absolute atomic E-state index is 9.37. The van der Waals surface area contributed by atoms with E-state index in [0.29, 0.717) is 202 Å². The van der Waals surface area contributed by atoms with Crippen molar-refractivity contribution >= 4 is 0 Å². The average molecular weight is 1790 g/mol. The topological polar surface area (TPSA) is 260 Å². The van der Waals surface area contributed by atoms with E-state index in [1.54, 1.807) is 28.4 Å². The minimum Gasteiger partial charge on any atom is -0.486 e. The molecule has 702 valence electrons. The van der Waals surface area contributed by atoms with Crippen LogP contribution in [0.25, 0.3) is 89.0 Å². The molecule has 0 radical (unpaired) electrons. The summed E-state index contributed by atoms with van der Waals surface area (Å²) in [5.41, 5.74) is 17.9. The van der Waals surface area contributed by atoms with Crippen LogP contribution in [-0.4, -0.2) is 296 Å². The maximum Gasteiger partial charge on any atom is 0.145 e. The van der Waals surface area contributed by atoms with Crippen molar-refractivity contribution in [2.75, 3.05) is 253 Å². The summed E-state index contributed by atoms with van der Waals surface area (Å²) in [6.45, 7) is 20.3. The van der Waals surface area contributed by atoms with Gasteiger partial charge in [0.25, 0.3) is 0 Å².